The number of anilines is 1. The molecule has 1 aliphatic heterocycles. The lowest BCUT2D eigenvalue weighted by molar-refractivity contribution is 0.102. The molecule has 110 valence electrons. The van der Waals surface area contributed by atoms with Crippen LogP contribution in [0.1, 0.15) is 35.1 Å². The third kappa shape index (κ3) is 3.28. The molecular formula is C15H19N5O. The fourth-order valence-corrected chi connectivity index (χ4v) is 2.54. The Morgan fingerprint density at radius 2 is 2.38 bits per heavy atom. The van der Waals surface area contributed by atoms with Gasteiger partial charge in [0, 0.05) is 30.3 Å². The molecule has 0 radical (unpaired) electrons. The zero-order chi connectivity index (χ0) is 14.7. The molecule has 6 heteroatoms. The molecule has 0 bridgehead atoms. The second-order valence-electron chi connectivity index (χ2n) is 5.32. The van der Waals surface area contributed by atoms with Gasteiger partial charge in [-0.25, -0.2) is 0 Å². The van der Waals surface area contributed by atoms with E-state index in [-0.39, 0.29) is 5.91 Å². The molecule has 3 rings (SSSR count). The lowest BCUT2D eigenvalue weighted by Gasteiger charge is -2.22. The number of aromatic nitrogens is 3. The first-order valence-electron chi connectivity index (χ1n) is 7.22. The molecule has 1 saturated heterocycles. The predicted molar refractivity (Wildman–Crippen MR) is 80.3 cm³/mol. The maximum atomic E-state index is 12.2. The molecular weight excluding hydrogens is 266 g/mol. The van der Waals surface area contributed by atoms with Crippen LogP contribution in [0.15, 0.2) is 30.6 Å². The summed E-state index contributed by atoms with van der Waals surface area (Å²) in [6, 6.07) is 5.70. The van der Waals surface area contributed by atoms with Crippen molar-refractivity contribution in [2.75, 3.05) is 18.4 Å². The van der Waals surface area contributed by atoms with E-state index in [1.165, 1.54) is 0 Å². The van der Waals surface area contributed by atoms with Crippen molar-refractivity contribution in [3.8, 4) is 0 Å². The highest BCUT2D eigenvalue weighted by Gasteiger charge is 2.17. The Labute approximate surface area is 123 Å². The van der Waals surface area contributed by atoms with Gasteiger partial charge >= 0.3 is 0 Å². The monoisotopic (exact) mass is 285 g/mol. The van der Waals surface area contributed by atoms with Gasteiger partial charge in [-0.1, -0.05) is 0 Å². The van der Waals surface area contributed by atoms with E-state index in [1.54, 1.807) is 18.3 Å². The minimum absolute atomic E-state index is 0.192. The molecule has 1 unspecified atom stereocenters. The minimum atomic E-state index is -0.192. The third-order valence-electron chi connectivity index (χ3n) is 3.64. The van der Waals surface area contributed by atoms with Gasteiger partial charge in [0.1, 0.15) is 0 Å². The van der Waals surface area contributed by atoms with Crippen LogP contribution in [0.5, 0.6) is 0 Å². The average Bonchev–Trinajstić information content (AvgIpc) is 2.98. The Morgan fingerprint density at radius 1 is 1.48 bits per heavy atom. The molecule has 2 aromatic heterocycles. The number of hydrogen-bond donors (Lipinski definition) is 2. The topological polar surface area (TPSA) is 71.8 Å². The van der Waals surface area contributed by atoms with Gasteiger partial charge in [0.05, 0.1) is 6.04 Å². The summed E-state index contributed by atoms with van der Waals surface area (Å²) in [4.78, 5) is 16.3. The summed E-state index contributed by atoms with van der Waals surface area (Å²) >= 11 is 0. The molecule has 6 nitrogen and oxygen atoms in total. The SMILES string of the molecule is Cc1cc(NC(=O)c2ccn(C3CCCNC3)n2)ccn1. The van der Waals surface area contributed by atoms with E-state index in [2.05, 4.69) is 20.7 Å². The largest absolute Gasteiger partial charge is 0.320 e. The molecule has 1 aliphatic rings. The normalized spacial score (nSPS) is 18.4. The molecule has 2 aromatic rings. The maximum absolute atomic E-state index is 12.2. The van der Waals surface area contributed by atoms with E-state index in [4.69, 9.17) is 0 Å². The van der Waals surface area contributed by atoms with Crippen LogP contribution in [0.2, 0.25) is 0 Å². The van der Waals surface area contributed by atoms with Gasteiger partial charge in [-0.15, -0.1) is 0 Å². The summed E-state index contributed by atoms with van der Waals surface area (Å²) in [6.07, 6.45) is 5.79. The fourth-order valence-electron chi connectivity index (χ4n) is 2.54. The van der Waals surface area contributed by atoms with Crippen molar-refractivity contribution >= 4 is 11.6 Å². The minimum Gasteiger partial charge on any atom is -0.320 e. The van der Waals surface area contributed by atoms with Crippen LogP contribution in [-0.2, 0) is 0 Å². The number of nitrogens with zero attached hydrogens (tertiary/aromatic N) is 3. The molecule has 1 atom stereocenters. The number of pyridine rings is 1. The van der Waals surface area contributed by atoms with Crippen molar-refractivity contribution in [3.63, 3.8) is 0 Å². The average molecular weight is 285 g/mol. The first-order valence-corrected chi connectivity index (χ1v) is 7.22. The first-order chi connectivity index (χ1) is 10.2. The van der Waals surface area contributed by atoms with Gasteiger partial charge < -0.3 is 10.6 Å². The summed E-state index contributed by atoms with van der Waals surface area (Å²) in [5, 5.41) is 10.6. The molecule has 0 aromatic carbocycles. The number of nitrogens with one attached hydrogen (secondary N) is 2. The molecule has 0 spiro atoms. The Bertz CT molecular complexity index is 630. The highest BCUT2D eigenvalue weighted by Crippen LogP contribution is 2.16. The van der Waals surface area contributed by atoms with Crippen LogP contribution in [0.4, 0.5) is 5.69 Å². The van der Waals surface area contributed by atoms with Crippen LogP contribution < -0.4 is 10.6 Å². The third-order valence-corrected chi connectivity index (χ3v) is 3.64. The molecule has 3 heterocycles. The molecule has 0 aliphatic carbocycles. The molecule has 1 amide bonds. The van der Waals surface area contributed by atoms with Crippen molar-refractivity contribution in [2.24, 2.45) is 0 Å². The van der Waals surface area contributed by atoms with Crippen molar-refractivity contribution in [1.82, 2.24) is 20.1 Å². The number of piperidine rings is 1. The van der Waals surface area contributed by atoms with Crippen molar-refractivity contribution in [2.45, 2.75) is 25.8 Å². The van der Waals surface area contributed by atoms with Crippen LogP contribution in [0, 0.1) is 6.92 Å². The van der Waals surface area contributed by atoms with E-state index in [9.17, 15) is 4.79 Å². The zero-order valence-electron chi connectivity index (χ0n) is 12.0. The highest BCUT2D eigenvalue weighted by molar-refractivity contribution is 6.02. The second-order valence-corrected chi connectivity index (χ2v) is 5.32. The van der Waals surface area contributed by atoms with Gasteiger partial charge in [0.15, 0.2) is 5.69 Å². The lowest BCUT2D eigenvalue weighted by Crippen LogP contribution is -2.32. The highest BCUT2D eigenvalue weighted by atomic mass is 16.1. The van der Waals surface area contributed by atoms with Gasteiger partial charge in [-0.05, 0) is 44.5 Å². The Kier molecular flexibility index (Phi) is 3.96. The van der Waals surface area contributed by atoms with Crippen LogP contribution >= 0.6 is 0 Å². The number of amides is 1. The number of rotatable bonds is 3. The van der Waals surface area contributed by atoms with E-state index in [0.717, 1.165) is 37.3 Å². The van der Waals surface area contributed by atoms with Crippen molar-refractivity contribution in [3.05, 3.63) is 42.0 Å². The Hall–Kier alpha value is -2.21. The number of carbonyl (C=O) groups excluding carboxylic acids is 1. The lowest BCUT2D eigenvalue weighted by atomic mass is 10.1. The molecule has 1 fully saturated rings. The van der Waals surface area contributed by atoms with E-state index in [0.29, 0.717) is 11.7 Å². The van der Waals surface area contributed by atoms with Gasteiger partial charge in [-0.3, -0.25) is 14.5 Å². The van der Waals surface area contributed by atoms with Gasteiger partial charge in [0.25, 0.3) is 5.91 Å². The van der Waals surface area contributed by atoms with E-state index in [1.807, 2.05) is 23.9 Å². The van der Waals surface area contributed by atoms with E-state index < -0.39 is 0 Å². The van der Waals surface area contributed by atoms with Crippen LogP contribution in [-0.4, -0.2) is 33.8 Å². The number of hydrogen-bond acceptors (Lipinski definition) is 4. The van der Waals surface area contributed by atoms with Crippen molar-refractivity contribution in [1.29, 1.82) is 0 Å². The Morgan fingerprint density at radius 3 is 3.14 bits per heavy atom. The van der Waals surface area contributed by atoms with Crippen LogP contribution in [0.3, 0.4) is 0 Å². The smallest absolute Gasteiger partial charge is 0.276 e. The molecule has 2 N–H and O–H groups in total. The number of aryl methyl sites for hydroxylation is 1. The summed E-state index contributed by atoms with van der Waals surface area (Å²) < 4.78 is 1.89. The van der Waals surface area contributed by atoms with Gasteiger partial charge in [-0.2, -0.15) is 5.10 Å². The maximum Gasteiger partial charge on any atom is 0.276 e. The zero-order valence-corrected chi connectivity index (χ0v) is 12.0. The second kappa shape index (κ2) is 6.05. The van der Waals surface area contributed by atoms with Crippen LogP contribution in [0.25, 0.3) is 0 Å². The van der Waals surface area contributed by atoms with E-state index >= 15 is 0 Å². The molecule has 21 heavy (non-hydrogen) atoms. The predicted octanol–water partition coefficient (Wildman–Crippen LogP) is 1.76. The summed E-state index contributed by atoms with van der Waals surface area (Å²) in [5.74, 6) is -0.192. The quantitative estimate of drug-likeness (QED) is 0.901. The number of carbonyl (C=O) groups is 1. The summed E-state index contributed by atoms with van der Waals surface area (Å²) in [6.45, 7) is 3.86. The summed E-state index contributed by atoms with van der Waals surface area (Å²) in [5.41, 5.74) is 2.04. The fraction of sp³-hybridized carbons (Fsp3) is 0.400. The van der Waals surface area contributed by atoms with Gasteiger partial charge in [0.2, 0.25) is 0 Å². The van der Waals surface area contributed by atoms with Crippen molar-refractivity contribution < 1.29 is 4.79 Å². The Balaban J connectivity index is 1.69. The molecule has 0 saturated carbocycles. The first kappa shape index (κ1) is 13.8. The standard InChI is InChI=1S/C15H19N5O/c1-11-9-12(4-7-17-11)18-15(21)14-5-8-20(19-14)13-3-2-6-16-10-13/h4-5,7-9,13,16H,2-3,6,10H2,1H3,(H,17,18,21). The summed E-state index contributed by atoms with van der Waals surface area (Å²) in [7, 11) is 0.